The van der Waals surface area contributed by atoms with Crippen LogP contribution in [0.1, 0.15) is 26.2 Å². The highest BCUT2D eigenvalue weighted by Gasteiger charge is 2.23. The van der Waals surface area contributed by atoms with Gasteiger partial charge in [-0.15, -0.1) is 0 Å². The van der Waals surface area contributed by atoms with Crippen molar-refractivity contribution in [2.75, 3.05) is 31.6 Å². The van der Waals surface area contributed by atoms with Crippen LogP contribution in [0.4, 0.5) is 0 Å². The zero-order valence-electron chi connectivity index (χ0n) is 9.54. The summed E-state index contributed by atoms with van der Waals surface area (Å²) in [4.78, 5) is 2.62. The first-order valence-corrected chi connectivity index (χ1v) is 7.10. The fraction of sp³-hybridized carbons (Fsp3) is 1.00. The first-order chi connectivity index (χ1) is 6.77. The molecule has 0 aromatic carbocycles. The number of nitrogens with zero attached hydrogens (tertiary/aromatic N) is 1. The van der Waals surface area contributed by atoms with E-state index in [1.165, 1.54) is 38.1 Å². The highest BCUT2D eigenvalue weighted by Crippen LogP contribution is 2.21. The Balaban J connectivity index is 2.25. The first kappa shape index (κ1) is 12.3. The van der Waals surface area contributed by atoms with Crippen LogP contribution in [-0.2, 0) is 0 Å². The van der Waals surface area contributed by atoms with Crippen molar-refractivity contribution in [3.05, 3.63) is 0 Å². The van der Waals surface area contributed by atoms with E-state index in [9.17, 15) is 0 Å². The molecule has 1 heterocycles. The molecule has 0 bridgehead atoms. The van der Waals surface area contributed by atoms with Gasteiger partial charge in [-0.25, -0.2) is 0 Å². The zero-order chi connectivity index (χ0) is 10.4. The van der Waals surface area contributed by atoms with Gasteiger partial charge >= 0.3 is 0 Å². The summed E-state index contributed by atoms with van der Waals surface area (Å²) in [7, 11) is 0. The third-order valence-corrected chi connectivity index (χ3v) is 3.93. The SMILES string of the molecule is CSCCCN1CC(CN)CCC1C. The molecule has 0 amide bonds. The van der Waals surface area contributed by atoms with Crippen molar-refractivity contribution >= 4 is 11.8 Å². The van der Waals surface area contributed by atoms with E-state index < -0.39 is 0 Å². The molecule has 1 saturated heterocycles. The highest BCUT2D eigenvalue weighted by molar-refractivity contribution is 7.98. The smallest absolute Gasteiger partial charge is 0.00671 e. The molecule has 2 atom stereocenters. The molecule has 0 spiro atoms. The molecule has 3 heteroatoms. The highest BCUT2D eigenvalue weighted by atomic mass is 32.2. The van der Waals surface area contributed by atoms with Crippen molar-refractivity contribution in [2.45, 2.75) is 32.2 Å². The molecule has 0 aromatic heterocycles. The van der Waals surface area contributed by atoms with Gasteiger partial charge in [0.1, 0.15) is 0 Å². The number of nitrogens with two attached hydrogens (primary N) is 1. The second kappa shape index (κ2) is 6.70. The fourth-order valence-corrected chi connectivity index (χ4v) is 2.60. The molecule has 1 aliphatic rings. The molecule has 0 saturated carbocycles. The van der Waals surface area contributed by atoms with E-state index in [1.54, 1.807) is 0 Å². The molecule has 1 aliphatic heterocycles. The number of piperidine rings is 1. The van der Waals surface area contributed by atoms with Gasteiger partial charge in [-0.05, 0) is 57.2 Å². The number of hydrogen-bond donors (Lipinski definition) is 1. The molecule has 2 unspecified atom stereocenters. The largest absolute Gasteiger partial charge is 0.330 e. The van der Waals surface area contributed by atoms with Crippen molar-refractivity contribution in [3.63, 3.8) is 0 Å². The molecule has 0 aromatic rings. The van der Waals surface area contributed by atoms with E-state index in [-0.39, 0.29) is 0 Å². The number of hydrogen-bond acceptors (Lipinski definition) is 3. The van der Waals surface area contributed by atoms with Crippen LogP contribution in [-0.4, -0.2) is 42.6 Å². The summed E-state index contributed by atoms with van der Waals surface area (Å²) in [6.07, 6.45) is 6.17. The molecule has 1 rings (SSSR count). The molecule has 2 N–H and O–H groups in total. The summed E-state index contributed by atoms with van der Waals surface area (Å²) in [5.74, 6) is 2.04. The lowest BCUT2D eigenvalue weighted by Gasteiger charge is -2.37. The van der Waals surface area contributed by atoms with Gasteiger partial charge in [0.2, 0.25) is 0 Å². The topological polar surface area (TPSA) is 29.3 Å². The monoisotopic (exact) mass is 216 g/mol. The molecular weight excluding hydrogens is 192 g/mol. The molecule has 84 valence electrons. The Kier molecular flexibility index (Phi) is 5.90. The lowest BCUT2D eigenvalue weighted by Crippen LogP contribution is -2.44. The summed E-state index contributed by atoms with van der Waals surface area (Å²) in [5, 5.41) is 0. The van der Waals surface area contributed by atoms with Gasteiger partial charge in [-0.1, -0.05) is 0 Å². The van der Waals surface area contributed by atoms with Gasteiger partial charge in [0, 0.05) is 12.6 Å². The van der Waals surface area contributed by atoms with E-state index in [0.717, 1.165) is 18.5 Å². The minimum Gasteiger partial charge on any atom is -0.330 e. The molecule has 0 aliphatic carbocycles. The average molecular weight is 216 g/mol. The normalized spacial score (nSPS) is 29.4. The van der Waals surface area contributed by atoms with Gasteiger partial charge in [0.05, 0.1) is 0 Å². The molecule has 2 nitrogen and oxygen atoms in total. The Bertz CT molecular complexity index is 152. The lowest BCUT2D eigenvalue weighted by atomic mass is 9.93. The number of thioether (sulfide) groups is 1. The van der Waals surface area contributed by atoms with Gasteiger partial charge in [0.15, 0.2) is 0 Å². The summed E-state index contributed by atoms with van der Waals surface area (Å²) >= 11 is 1.95. The van der Waals surface area contributed by atoms with E-state index in [0.29, 0.717) is 0 Å². The standard InChI is InChI=1S/C11H24N2S/c1-10-4-5-11(8-12)9-13(10)6-3-7-14-2/h10-11H,3-9,12H2,1-2H3. The van der Waals surface area contributed by atoms with Crippen molar-refractivity contribution in [1.82, 2.24) is 4.90 Å². The van der Waals surface area contributed by atoms with Crippen LogP contribution in [0.3, 0.4) is 0 Å². The zero-order valence-corrected chi connectivity index (χ0v) is 10.4. The Morgan fingerprint density at radius 1 is 1.43 bits per heavy atom. The van der Waals surface area contributed by atoms with Crippen molar-refractivity contribution in [1.29, 1.82) is 0 Å². The van der Waals surface area contributed by atoms with Crippen LogP contribution in [0.15, 0.2) is 0 Å². The lowest BCUT2D eigenvalue weighted by molar-refractivity contribution is 0.121. The van der Waals surface area contributed by atoms with Gasteiger partial charge in [-0.3, -0.25) is 0 Å². The predicted octanol–water partition coefficient (Wildman–Crippen LogP) is 1.80. The van der Waals surface area contributed by atoms with E-state index in [2.05, 4.69) is 18.1 Å². The minimum absolute atomic E-state index is 0.750. The van der Waals surface area contributed by atoms with Crippen LogP contribution in [0, 0.1) is 5.92 Å². The van der Waals surface area contributed by atoms with E-state index in [4.69, 9.17) is 5.73 Å². The molecular formula is C11H24N2S. The Morgan fingerprint density at radius 3 is 2.86 bits per heavy atom. The molecule has 14 heavy (non-hydrogen) atoms. The van der Waals surface area contributed by atoms with E-state index >= 15 is 0 Å². The maximum absolute atomic E-state index is 5.73. The quantitative estimate of drug-likeness (QED) is 0.711. The summed E-state index contributed by atoms with van der Waals surface area (Å²) < 4.78 is 0. The molecule has 1 fully saturated rings. The van der Waals surface area contributed by atoms with Crippen LogP contribution in [0.2, 0.25) is 0 Å². The number of likely N-dealkylation sites (tertiary alicyclic amines) is 1. The third-order valence-electron chi connectivity index (χ3n) is 3.24. The second-order valence-corrected chi connectivity index (χ2v) is 5.35. The van der Waals surface area contributed by atoms with E-state index in [1.807, 2.05) is 11.8 Å². The van der Waals surface area contributed by atoms with Crippen LogP contribution in [0.25, 0.3) is 0 Å². The van der Waals surface area contributed by atoms with Gasteiger partial charge in [0.25, 0.3) is 0 Å². The van der Waals surface area contributed by atoms with Crippen LogP contribution >= 0.6 is 11.8 Å². The fourth-order valence-electron chi connectivity index (χ4n) is 2.18. The second-order valence-electron chi connectivity index (χ2n) is 4.37. The summed E-state index contributed by atoms with van der Waals surface area (Å²) in [6.45, 7) is 5.71. The van der Waals surface area contributed by atoms with Gasteiger partial charge < -0.3 is 10.6 Å². The first-order valence-electron chi connectivity index (χ1n) is 5.71. The summed E-state index contributed by atoms with van der Waals surface area (Å²) in [5.41, 5.74) is 5.73. The van der Waals surface area contributed by atoms with Crippen LogP contribution in [0.5, 0.6) is 0 Å². The third kappa shape index (κ3) is 3.79. The predicted molar refractivity (Wildman–Crippen MR) is 65.8 cm³/mol. The average Bonchev–Trinajstić information content (AvgIpc) is 2.21. The number of rotatable bonds is 5. The maximum atomic E-state index is 5.73. The minimum atomic E-state index is 0.750. The van der Waals surface area contributed by atoms with Crippen molar-refractivity contribution in [2.24, 2.45) is 11.7 Å². The van der Waals surface area contributed by atoms with Crippen molar-refractivity contribution < 1.29 is 0 Å². The van der Waals surface area contributed by atoms with Crippen molar-refractivity contribution in [3.8, 4) is 0 Å². The van der Waals surface area contributed by atoms with Gasteiger partial charge in [-0.2, -0.15) is 11.8 Å². The summed E-state index contributed by atoms with van der Waals surface area (Å²) in [6, 6.07) is 0.777. The maximum Gasteiger partial charge on any atom is 0.00671 e. The Hall–Kier alpha value is 0.270. The Morgan fingerprint density at radius 2 is 2.21 bits per heavy atom. The molecule has 0 radical (unpaired) electrons. The van der Waals surface area contributed by atoms with Crippen LogP contribution < -0.4 is 5.73 Å². The Labute approximate surface area is 92.6 Å².